The summed E-state index contributed by atoms with van der Waals surface area (Å²) in [5, 5.41) is 0. The summed E-state index contributed by atoms with van der Waals surface area (Å²) in [6.07, 6.45) is 1.96. The molecule has 1 unspecified atom stereocenters. The van der Waals surface area contributed by atoms with Crippen LogP contribution >= 0.6 is 0 Å². The summed E-state index contributed by atoms with van der Waals surface area (Å²) >= 11 is 0. The van der Waals surface area contributed by atoms with Crippen molar-refractivity contribution in [1.82, 2.24) is 0 Å². The second-order valence-electron chi connectivity index (χ2n) is 2.78. The second kappa shape index (κ2) is 2.73. The topological polar surface area (TPSA) is 39.4 Å². The number of furan rings is 1. The van der Waals surface area contributed by atoms with E-state index in [2.05, 4.69) is 4.42 Å². The first-order valence-electron chi connectivity index (χ1n) is 3.84. The molecule has 0 amide bonds. The summed E-state index contributed by atoms with van der Waals surface area (Å²) in [4.78, 5) is 11.0. The van der Waals surface area contributed by atoms with Gasteiger partial charge in [-0.05, 0) is 13.0 Å². The summed E-state index contributed by atoms with van der Waals surface area (Å²) in [6.45, 7) is 1.61. The molecule has 4 heteroatoms. The smallest absolute Gasteiger partial charge is 0.288 e. The molecule has 1 aromatic heterocycles. The molecule has 0 spiro atoms. The Kier molecular flexibility index (Phi) is 1.69. The fraction of sp³-hybridized carbons (Fsp3) is 0.222. The zero-order valence-corrected chi connectivity index (χ0v) is 6.91. The molecule has 1 aliphatic heterocycles. The molecule has 1 aliphatic rings. The van der Waals surface area contributed by atoms with Crippen LogP contribution < -0.4 is 0 Å². The van der Waals surface area contributed by atoms with Gasteiger partial charge in [0, 0.05) is 6.08 Å². The van der Waals surface area contributed by atoms with Gasteiger partial charge in [0.15, 0.2) is 11.9 Å². The first-order chi connectivity index (χ1) is 6.18. The van der Waals surface area contributed by atoms with Crippen LogP contribution in [-0.2, 0) is 9.53 Å². The third-order valence-corrected chi connectivity index (χ3v) is 1.86. The van der Waals surface area contributed by atoms with Crippen molar-refractivity contribution in [3.63, 3.8) is 0 Å². The molecule has 68 valence electrons. The van der Waals surface area contributed by atoms with Gasteiger partial charge in [0.05, 0.1) is 11.8 Å². The lowest BCUT2D eigenvalue weighted by Gasteiger charge is -2.04. The molecule has 0 bridgehead atoms. The Balaban J connectivity index is 2.35. The van der Waals surface area contributed by atoms with Gasteiger partial charge in [-0.2, -0.15) is 4.39 Å². The van der Waals surface area contributed by atoms with Gasteiger partial charge >= 0.3 is 0 Å². The largest absolute Gasteiger partial charge is 0.482 e. The van der Waals surface area contributed by atoms with E-state index < -0.39 is 12.1 Å². The van der Waals surface area contributed by atoms with Gasteiger partial charge < -0.3 is 9.15 Å². The average Bonchev–Trinajstić information content (AvgIpc) is 2.60. The van der Waals surface area contributed by atoms with E-state index >= 15 is 0 Å². The van der Waals surface area contributed by atoms with Crippen LogP contribution in [0.25, 0.3) is 5.76 Å². The second-order valence-corrected chi connectivity index (χ2v) is 2.78. The maximum absolute atomic E-state index is 12.9. The fourth-order valence-corrected chi connectivity index (χ4v) is 1.14. The number of halogens is 1. The van der Waals surface area contributed by atoms with Crippen molar-refractivity contribution in [1.29, 1.82) is 0 Å². The number of ether oxygens (including phenoxy) is 1. The molecule has 2 rings (SSSR count). The molecule has 0 radical (unpaired) electrons. The van der Waals surface area contributed by atoms with Crippen molar-refractivity contribution in [2.45, 2.75) is 13.0 Å². The van der Waals surface area contributed by atoms with Crippen molar-refractivity contribution in [3.8, 4) is 0 Å². The minimum atomic E-state index is -0.729. The van der Waals surface area contributed by atoms with Crippen molar-refractivity contribution >= 4 is 11.5 Å². The Morgan fingerprint density at radius 1 is 1.54 bits per heavy atom. The van der Waals surface area contributed by atoms with E-state index in [4.69, 9.17) is 4.74 Å². The van der Waals surface area contributed by atoms with Crippen LogP contribution in [-0.4, -0.2) is 11.9 Å². The SMILES string of the molecule is CC1OC(c2ccoc2F)=CC1=O. The molecule has 2 heterocycles. The van der Waals surface area contributed by atoms with Crippen molar-refractivity contribution in [2.75, 3.05) is 0 Å². The molecule has 0 aromatic carbocycles. The number of rotatable bonds is 1. The van der Waals surface area contributed by atoms with E-state index in [1.54, 1.807) is 6.92 Å². The van der Waals surface area contributed by atoms with Gasteiger partial charge in [-0.25, -0.2) is 0 Å². The molecule has 0 saturated heterocycles. The summed E-state index contributed by atoms with van der Waals surface area (Å²) in [5.74, 6) is 0.0827. The standard InChI is InChI=1S/C9H7FO3/c1-5-7(11)4-8(13-5)6-2-3-12-9(6)10/h2-5H,1H3. The van der Waals surface area contributed by atoms with Gasteiger partial charge in [0.2, 0.25) is 0 Å². The van der Waals surface area contributed by atoms with E-state index in [0.717, 1.165) is 0 Å². The summed E-state index contributed by atoms with van der Waals surface area (Å²) in [5.41, 5.74) is 0.192. The van der Waals surface area contributed by atoms with Crippen LogP contribution in [0.4, 0.5) is 4.39 Å². The quantitative estimate of drug-likeness (QED) is 0.664. The maximum Gasteiger partial charge on any atom is 0.288 e. The third kappa shape index (κ3) is 1.24. The number of hydrogen-bond donors (Lipinski definition) is 0. The predicted octanol–water partition coefficient (Wildman–Crippen LogP) is 1.75. The lowest BCUT2D eigenvalue weighted by atomic mass is 10.2. The fourth-order valence-electron chi connectivity index (χ4n) is 1.14. The zero-order valence-electron chi connectivity index (χ0n) is 6.91. The van der Waals surface area contributed by atoms with Crippen molar-refractivity contribution in [3.05, 3.63) is 30.0 Å². The molecular formula is C9H7FO3. The third-order valence-electron chi connectivity index (χ3n) is 1.86. The Bertz CT molecular complexity index is 378. The molecule has 1 aromatic rings. The highest BCUT2D eigenvalue weighted by atomic mass is 19.1. The van der Waals surface area contributed by atoms with Crippen LogP contribution in [0.3, 0.4) is 0 Å². The minimum absolute atomic E-state index is 0.157. The van der Waals surface area contributed by atoms with Gasteiger partial charge in [0.1, 0.15) is 5.76 Å². The molecule has 0 saturated carbocycles. The van der Waals surface area contributed by atoms with Crippen LogP contribution in [0.15, 0.2) is 22.8 Å². The number of hydrogen-bond acceptors (Lipinski definition) is 3. The normalized spacial score (nSPS) is 21.5. The highest BCUT2D eigenvalue weighted by Crippen LogP contribution is 2.26. The van der Waals surface area contributed by atoms with E-state index in [9.17, 15) is 9.18 Å². The summed E-state index contributed by atoms with van der Waals surface area (Å²) in [7, 11) is 0. The molecule has 0 N–H and O–H groups in total. The Morgan fingerprint density at radius 3 is 2.77 bits per heavy atom. The number of ketones is 1. The van der Waals surface area contributed by atoms with E-state index in [-0.39, 0.29) is 17.1 Å². The number of carbonyl (C=O) groups excluding carboxylic acids is 1. The maximum atomic E-state index is 12.9. The van der Waals surface area contributed by atoms with Gasteiger partial charge in [-0.15, -0.1) is 0 Å². The molecule has 13 heavy (non-hydrogen) atoms. The molecule has 3 nitrogen and oxygen atoms in total. The molecule has 0 fully saturated rings. The summed E-state index contributed by atoms with van der Waals surface area (Å²) < 4.78 is 22.4. The van der Waals surface area contributed by atoms with Crippen molar-refractivity contribution in [2.24, 2.45) is 0 Å². The Hall–Kier alpha value is -1.58. The number of carbonyl (C=O) groups is 1. The zero-order chi connectivity index (χ0) is 9.42. The predicted molar refractivity (Wildman–Crippen MR) is 42.2 cm³/mol. The average molecular weight is 182 g/mol. The first kappa shape index (κ1) is 8.04. The van der Waals surface area contributed by atoms with E-state index in [1.807, 2.05) is 0 Å². The van der Waals surface area contributed by atoms with E-state index in [0.29, 0.717) is 0 Å². The highest BCUT2D eigenvalue weighted by Gasteiger charge is 2.25. The van der Waals surface area contributed by atoms with Crippen LogP contribution in [0.5, 0.6) is 0 Å². The summed E-state index contributed by atoms with van der Waals surface area (Å²) in [6, 6.07) is 0.695. The highest BCUT2D eigenvalue weighted by molar-refractivity contribution is 6.02. The van der Waals surface area contributed by atoms with Gasteiger partial charge in [0.25, 0.3) is 6.01 Å². The monoisotopic (exact) mass is 182 g/mol. The molecule has 1 atom stereocenters. The van der Waals surface area contributed by atoms with Gasteiger partial charge in [-0.1, -0.05) is 0 Å². The molecular weight excluding hydrogens is 175 g/mol. The lowest BCUT2D eigenvalue weighted by Crippen LogP contribution is -2.09. The van der Waals surface area contributed by atoms with Crippen LogP contribution in [0, 0.1) is 6.01 Å². The lowest BCUT2D eigenvalue weighted by molar-refractivity contribution is -0.119. The van der Waals surface area contributed by atoms with E-state index in [1.165, 1.54) is 18.4 Å². The van der Waals surface area contributed by atoms with Crippen LogP contribution in [0.1, 0.15) is 12.5 Å². The Labute approximate surface area is 73.8 Å². The Morgan fingerprint density at radius 2 is 2.31 bits per heavy atom. The first-order valence-corrected chi connectivity index (χ1v) is 3.84. The van der Waals surface area contributed by atoms with Crippen molar-refractivity contribution < 1.29 is 18.3 Å². The molecule has 0 aliphatic carbocycles. The minimum Gasteiger partial charge on any atom is -0.482 e. The van der Waals surface area contributed by atoms with Gasteiger partial charge in [-0.3, -0.25) is 4.79 Å². The van der Waals surface area contributed by atoms with Crippen LogP contribution in [0.2, 0.25) is 0 Å².